The third kappa shape index (κ3) is 3.62. The van der Waals surface area contributed by atoms with Gasteiger partial charge < -0.3 is 15.0 Å². The van der Waals surface area contributed by atoms with Crippen LogP contribution in [0.3, 0.4) is 0 Å². The second-order valence-corrected chi connectivity index (χ2v) is 5.22. The van der Waals surface area contributed by atoms with Crippen LogP contribution in [0.25, 0.3) is 0 Å². The highest BCUT2D eigenvalue weighted by Gasteiger charge is 2.12. The highest BCUT2D eigenvalue weighted by Crippen LogP contribution is 2.26. The van der Waals surface area contributed by atoms with E-state index in [2.05, 4.69) is 21.4 Å². The Morgan fingerprint density at radius 3 is 3.19 bits per heavy atom. The number of fused-ring (bicyclic) bond motifs is 1. The Labute approximate surface area is 123 Å². The zero-order chi connectivity index (χ0) is 14.5. The first-order valence-corrected chi connectivity index (χ1v) is 7.30. The summed E-state index contributed by atoms with van der Waals surface area (Å²) in [5.74, 6) is 1.08. The molecule has 1 aliphatic heterocycles. The van der Waals surface area contributed by atoms with Crippen molar-refractivity contribution in [1.29, 1.82) is 0 Å². The van der Waals surface area contributed by atoms with Crippen LogP contribution in [-0.4, -0.2) is 29.0 Å². The second-order valence-electron chi connectivity index (χ2n) is 5.22. The highest BCUT2D eigenvalue weighted by molar-refractivity contribution is 5.76. The first kappa shape index (κ1) is 13.7. The van der Waals surface area contributed by atoms with Gasteiger partial charge in [-0.15, -0.1) is 0 Å². The van der Waals surface area contributed by atoms with E-state index in [4.69, 9.17) is 4.74 Å². The van der Waals surface area contributed by atoms with Crippen molar-refractivity contribution in [2.45, 2.75) is 25.7 Å². The van der Waals surface area contributed by atoms with Crippen LogP contribution in [0.1, 0.15) is 23.2 Å². The Bertz CT molecular complexity index is 608. The van der Waals surface area contributed by atoms with Gasteiger partial charge in [-0.25, -0.2) is 4.98 Å². The van der Waals surface area contributed by atoms with Crippen LogP contribution in [0.4, 0.5) is 0 Å². The van der Waals surface area contributed by atoms with Gasteiger partial charge in [0.05, 0.1) is 12.9 Å². The average molecular weight is 285 g/mol. The summed E-state index contributed by atoms with van der Waals surface area (Å²) >= 11 is 0. The number of nitrogens with one attached hydrogen (secondary N) is 2. The monoisotopic (exact) mass is 285 g/mol. The number of H-pyrrole nitrogens is 1. The molecule has 2 heterocycles. The summed E-state index contributed by atoms with van der Waals surface area (Å²) in [6.45, 7) is 1.41. The van der Waals surface area contributed by atoms with Crippen molar-refractivity contribution in [3.63, 3.8) is 0 Å². The fourth-order valence-corrected chi connectivity index (χ4v) is 2.50. The standard InChI is InChI=1S/C16H19N3O2/c20-16(18-7-5-14-10-17-11-19-14)4-2-12-1-3-15-13(9-12)6-8-21-15/h1,3,9-11H,2,4-8H2,(H,17,19)(H,18,20). The van der Waals surface area contributed by atoms with Gasteiger partial charge >= 0.3 is 0 Å². The van der Waals surface area contributed by atoms with E-state index in [1.807, 2.05) is 12.1 Å². The number of imidazole rings is 1. The van der Waals surface area contributed by atoms with E-state index >= 15 is 0 Å². The lowest BCUT2D eigenvalue weighted by atomic mass is 10.0. The number of carbonyl (C=O) groups is 1. The van der Waals surface area contributed by atoms with Gasteiger partial charge in [-0.3, -0.25) is 4.79 Å². The maximum atomic E-state index is 11.8. The van der Waals surface area contributed by atoms with Crippen molar-refractivity contribution in [3.8, 4) is 5.75 Å². The number of benzene rings is 1. The summed E-state index contributed by atoms with van der Waals surface area (Å²) < 4.78 is 5.48. The molecule has 0 spiro atoms. The number of hydrogen-bond donors (Lipinski definition) is 2. The smallest absolute Gasteiger partial charge is 0.220 e. The fraction of sp³-hybridized carbons (Fsp3) is 0.375. The molecule has 0 unspecified atom stereocenters. The van der Waals surface area contributed by atoms with Gasteiger partial charge in [-0.2, -0.15) is 0 Å². The molecule has 1 aromatic carbocycles. The summed E-state index contributed by atoms with van der Waals surface area (Å²) in [6, 6.07) is 6.20. The predicted molar refractivity (Wildman–Crippen MR) is 79.3 cm³/mol. The predicted octanol–water partition coefficient (Wildman–Crippen LogP) is 1.64. The van der Waals surface area contributed by atoms with Gasteiger partial charge in [0.25, 0.3) is 0 Å². The molecule has 0 aliphatic carbocycles. The lowest BCUT2D eigenvalue weighted by Gasteiger charge is -2.06. The van der Waals surface area contributed by atoms with E-state index in [0.29, 0.717) is 13.0 Å². The largest absolute Gasteiger partial charge is 0.493 e. The van der Waals surface area contributed by atoms with E-state index in [9.17, 15) is 4.79 Å². The Morgan fingerprint density at radius 1 is 1.38 bits per heavy atom. The highest BCUT2D eigenvalue weighted by atomic mass is 16.5. The Hall–Kier alpha value is -2.30. The number of hydrogen-bond acceptors (Lipinski definition) is 3. The number of ether oxygens (including phenoxy) is 1. The number of aromatic nitrogens is 2. The van der Waals surface area contributed by atoms with E-state index in [1.54, 1.807) is 12.5 Å². The Balaban J connectivity index is 1.41. The first-order valence-electron chi connectivity index (χ1n) is 7.30. The number of carbonyl (C=O) groups excluding carboxylic acids is 1. The SMILES string of the molecule is O=C(CCc1ccc2c(c1)CCO2)NCCc1cnc[nH]1. The van der Waals surface area contributed by atoms with Gasteiger partial charge in [0, 0.05) is 37.7 Å². The number of rotatable bonds is 6. The van der Waals surface area contributed by atoms with Gasteiger partial charge in [0.15, 0.2) is 0 Å². The number of amides is 1. The topological polar surface area (TPSA) is 67.0 Å². The molecule has 0 saturated heterocycles. The van der Waals surface area contributed by atoms with Gasteiger partial charge in [0.2, 0.25) is 5.91 Å². The zero-order valence-corrected chi connectivity index (χ0v) is 11.9. The average Bonchev–Trinajstić information content (AvgIpc) is 3.15. The molecule has 1 amide bonds. The molecular formula is C16H19N3O2. The van der Waals surface area contributed by atoms with Crippen LogP contribution < -0.4 is 10.1 Å². The van der Waals surface area contributed by atoms with Gasteiger partial charge in [0.1, 0.15) is 5.75 Å². The van der Waals surface area contributed by atoms with Crippen LogP contribution in [0.2, 0.25) is 0 Å². The number of nitrogens with zero attached hydrogens (tertiary/aromatic N) is 1. The molecule has 2 N–H and O–H groups in total. The molecule has 2 aromatic rings. The normalized spacial score (nSPS) is 12.8. The lowest BCUT2D eigenvalue weighted by Crippen LogP contribution is -2.25. The van der Waals surface area contributed by atoms with Crippen molar-refractivity contribution < 1.29 is 9.53 Å². The maximum absolute atomic E-state index is 11.8. The minimum Gasteiger partial charge on any atom is -0.493 e. The summed E-state index contributed by atoms with van der Waals surface area (Å²) in [5, 5.41) is 2.93. The van der Waals surface area contributed by atoms with E-state index in [0.717, 1.165) is 37.3 Å². The Morgan fingerprint density at radius 2 is 2.33 bits per heavy atom. The minimum absolute atomic E-state index is 0.0891. The van der Waals surface area contributed by atoms with E-state index in [-0.39, 0.29) is 5.91 Å². The summed E-state index contributed by atoms with van der Waals surface area (Å²) in [5.41, 5.74) is 3.49. The third-order valence-corrected chi connectivity index (χ3v) is 3.67. The molecule has 21 heavy (non-hydrogen) atoms. The lowest BCUT2D eigenvalue weighted by molar-refractivity contribution is -0.121. The summed E-state index contributed by atoms with van der Waals surface area (Å²) in [4.78, 5) is 18.8. The van der Waals surface area contributed by atoms with Gasteiger partial charge in [-0.05, 0) is 23.6 Å². The van der Waals surface area contributed by atoms with E-state index < -0.39 is 0 Å². The van der Waals surface area contributed by atoms with Crippen molar-refractivity contribution >= 4 is 5.91 Å². The molecular weight excluding hydrogens is 266 g/mol. The molecule has 110 valence electrons. The van der Waals surface area contributed by atoms with Crippen LogP contribution in [0.15, 0.2) is 30.7 Å². The molecule has 0 bridgehead atoms. The summed E-state index contributed by atoms with van der Waals surface area (Å²) in [7, 11) is 0. The van der Waals surface area contributed by atoms with Crippen molar-refractivity contribution in [3.05, 3.63) is 47.5 Å². The second kappa shape index (κ2) is 6.43. The molecule has 3 rings (SSSR count). The number of aryl methyl sites for hydroxylation is 1. The number of aromatic amines is 1. The quantitative estimate of drug-likeness (QED) is 0.848. The molecule has 5 nitrogen and oxygen atoms in total. The van der Waals surface area contributed by atoms with Crippen LogP contribution in [0, 0.1) is 0 Å². The zero-order valence-electron chi connectivity index (χ0n) is 11.9. The minimum atomic E-state index is 0.0891. The first-order chi connectivity index (χ1) is 10.3. The van der Waals surface area contributed by atoms with Crippen molar-refractivity contribution in [2.75, 3.05) is 13.2 Å². The van der Waals surface area contributed by atoms with Crippen molar-refractivity contribution in [1.82, 2.24) is 15.3 Å². The maximum Gasteiger partial charge on any atom is 0.220 e. The van der Waals surface area contributed by atoms with Crippen LogP contribution >= 0.6 is 0 Å². The van der Waals surface area contributed by atoms with Gasteiger partial charge in [-0.1, -0.05) is 12.1 Å². The third-order valence-electron chi connectivity index (χ3n) is 3.67. The molecule has 1 aromatic heterocycles. The molecule has 0 radical (unpaired) electrons. The molecule has 0 fully saturated rings. The molecule has 0 atom stereocenters. The van der Waals surface area contributed by atoms with E-state index in [1.165, 1.54) is 11.1 Å². The molecule has 5 heteroatoms. The van der Waals surface area contributed by atoms with Crippen LogP contribution in [-0.2, 0) is 24.1 Å². The van der Waals surface area contributed by atoms with Crippen LogP contribution in [0.5, 0.6) is 5.75 Å². The molecule has 1 aliphatic rings. The fourth-order valence-electron chi connectivity index (χ4n) is 2.50. The Kier molecular flexibility index (Phi) is 4.19. The molecule has 0 saturated carbocycles. The summed E-state index contributed by atoms with van der Waals surface area (Å²) in [6.07, 6.45) is 6.46. The van der Waals surface area contributed by atoms with Crippen molar-refractivity contribution in [2.24, 2.45) is 0 Å².